The van der Waals surface area contributed by atoms with Crippen molar-refractivity contribution in [2.75, 3.05) is 19.6 Å². The molecule has 2 heteroatoms. The Hall–Kier alpha value is -0.0800. The van der Waals surface area contributed by atoms with E-state index >= 15 is 0 Å². The molecule has 0 bridgehead atoms. The van der Waals surface area contributed by atoms with Gasteiger partial charge in [0.25, 0.3) is 0 Å². The molecule has 0 amide bonds. The normalized spacial score (nSPS) is 37.8. The summed E-state index contributed by atoms with van der Waals surface area (Å²) in [6, 6.07) is 1.64. The molecule has 2 nitrogen and oxygen atoms in total. The molecule has 0 aromatic heterocycles. The minimum atomic E-state index is 0.797. The zero-order chi connectivity index (χ0) is 8.39. The molecule has 0 saturated carbocycles. The highest BCUT2D eigenvalue weighted by Gasteiger charge is 2.24. The second-order valence-electron chi connectivity index (χ2n) is 4.28. The van der Waals surface area contributed by atoms with Crippen LogP contribution in [0, 0.1) is 0 Å². The van der Waals surface area contributed by atoms with Gasteiger partial charge in [-0.05, 0) is 45.7 Å². The third-order valence-corrected chi connectivity index (χ3v) is 3.31. The van der Waals surface area contributed by atoms with E-state index in [0.29, 0.717) is 0 Å². The molecule has 2 atom stereocenters. The molecule has 0 radical (unpaired) electrons. The smallest absolute Gasteiger partial charge is 0.0195 e. The summed E-state index contributed by atoms with van der Waals surface area (Å²) in [6.45, 7) is 6.23. The van der Waals surface area contributed by atoms with Crippen LogP contribution in [0.1, 0.15) is 32.6 Å². The van der Waals surface area contributed by atoms with Crippen LogP contribution < -0.4 is 5.32 Å². The van der Waals surface area contributed by atoms with Crippen molar-refractivity contribution in [3.05, 3.63) is 0 Å². The van der Waals surface area contributed by atoms with Crippen molar-refractivity contribution < 1.29 is 0 Å². The largest absolute Gasteiger partial charge is 0.313 e. The van der Waals surface area contributed by atoms with E-state index < -0.39 is 0 Å². The molecule has 1 unspecified atom stereocenters. The van der Waals surface area contributed by atoms with Crippen LogP contribution >= 0.6 is 0 Å². The van der Waals surface area contributed by atoms with Crippen molar-refractivity contribution >= 4 is 0 Å². The number of rotatable bonds is 2. The molecule has 2 aliphatic rings. The summed E-state index contributed by atoms with van der Waals surface area (Å²) in [5.74, 6) is 0. The van der Waals surface area contributed by atoms with Gasteiger partial charge in [-0.25, -0.2) is 0 Å². The summed E-state index contributed by atoms with van der Waals surface area (Å²) in [7, 11) is 0. The maximum absolute atomic E-state index is 3.56. The fraction of sp³-hybridized carbons (Fsp3) is 1.00. The highest BCUT2D eigenvalue weighted by atomic mass is 15.2. The molecule has 2 fully saturated rings. The van der Waals surface area contributed by atoms with Gasteiger partial charge in [-0.15, -0.1) is 0 Å². The zero-order valence-corrected chi connectivity index (χ0v) is 8.05. The summed E-state index contributed by atoms with van der Waals surface area (Å²) in [5.41, 5.74) is 0. The van der Waals surface area contributed by atoms with Crippen LogP contribution in [-0.2, 0) is 0 Å². The summed E-state index contributed by atoms with van der Waals surface area (Å²) >= 11 is 0. The van der Waals surface area contributed by atoms with Crippen LogP contribution in [0.25, 0.3) is 0 Å². The Bertz CT molecular complexity index is 141. The molecule has 2 rings (SSSR count). The second-order valence-corrected chi connectivity index (χ2v) is 4.28. The Kier molecular flexibility index (Phi) is 2.66. The molecule has 0 aromatic carbocycles. The quantitative estimate of drug-likeness (QED) is 0.667. The van der Waals surface area contributed by atoms with Crippen molar-refractivity contribution in [1.29, 1.82) is 0 Å². The standard InChI is InChI=1S/C10H20N2/c1-9-4-3-7-12(9)8-10-5-2-6-11-10/h9-11H,2-8H2,1H3/t9?,10-/m0/s1. The van der Waals surface area contributed by atoms with E-state index in [-0.39, 0.29) is 0 Å². The van der Waals surface area contributed by atoms with Gasteiger partial charge in [0.15, 0.2) is 0 Å². The highest BCUT2D eigenvalue weighted by molar-refractivity contribution is 4.83. The van der Waals surface area contributed by atoms with Gasteiger partial charge in [0.2, 0.25) is 0 Å². The van der Waals surface area contributed by atoms with Crippen LogP contribution in [-0.4, -0.2) is 36.6 Å². The fourth-order valence-electron chi connectivity index (χ4n) is 2.46. The first kappa shape index (κ1) is 8.52. The Morgan fingerprint density at radius 1 is 1.33 bits per heavy atom. The number of likely N-dealkylation sites (tertiary alicyclic amines) is 1. The lowest BCUT2D eigenvalue weighted by Gasteiger charge is -2.24. The Labute approximate surface area is 75.3 Å². The lowest BCUT2D eigenvalue weighted by Crippen LogP contribution is -2.39. The minimum Gasteiger partial charge on any atom is -0.313 e. The van der Waals surface area contributed by atoms with Crippen molar-refractivity contribution in [3.63, 3.8) is 0 Å². The van der Waals surface area contributed by atoms with E-state index in [1.165, 1.54) is 45.3 Å². The van der Waals surface area contributed by atoms with Gasteiger partial charge in [-0.1, -0.05) is 0 Å². The Morgan fingerprint density at radius 2 is 2.25 bits per heavy atom. The summed E-state index contributed by atoms with van der Waals surface area (Å²) in [6.07, 6.45) is 5.59. The number of hydrogen-bond acceptors (Lipinski definition) is 2. The molecule has 1 N–H and O–H groups in total. The molecular weight excluding hydrogens is 148 g/mol. The lowest BCUT2D eigenvalue weighted by molar-refractivity contribution is 0.244. The third kappa shape index (κ3) is 1.80. The molecule has 12 heavy (non-hydrogen) atoms. The van der Waals surface area contributed by atoms with Crippen molar-refractivity contribution in [2.45, 2.75) is 44.7 Å². The molecule has 2 saturated heterocycles. The van der Waals surface area contributed by atoms with Gasteiger partial charge in [-0.3, -0.25) is 4.90 Å². The van der Waals surface area contributed by atoms with Gasteiger partial charge < -0.3 is 5.32 Å². The van der Waals surface area contributed by atoms with E-state index in [1.807, 2.05) is 0 Å². The average molecular weight is 168 g/mol. The van der Waals surface area contributed by atoms with Crippen LogP contribution in [0.4, 0.5) is 0 Å². The van der Waals surface area contributed by atoms with Gasteiger partial charge in [0, 0.05) is 18.6 Å². The van der Waals surface area contributed by atoms with E-state index in [1.54, 1.807) is 0 Å². The predicted octanol–water partition coefficient (Wildman–Crippen LogP) is 1.22. The molecule has 0 aliphatic carbocycles. The second kappa shape index (κ2) is 3.75. The molecule has 2 heterocycles. The Morgan fingerprint density at radius 3 is 2.83 bits per heavy atom. The predicted molar refractivity (Wildman–Crippen MR) is 51.3 cm³/mol. The number of nitrogens with one attached hydrogen (secondary N) is 1. The van der Waals surface area contributed by atoms with Crippen molar-refractivity contribution in [1.82, 2.24) is 10.2 Å². The first-order valence-corrected chi connectivity index (χ1v) is 5.33. The summed E-state index contributed by atoms with van der Waals surface area (Å²) in [4.78, 5) is 2.64. The lowest BCUT2D eigenvalue weighted by atomic mass is 10.2. The van der Waals surface area contributed by atoms with Gasteiger partial charge >= 0.3 is 0 Å². The highest BCUT2D eigenvalue weighted by Crippen LogP contribution is 2.18. The number of hydrogen-bond donors (Lipinski definition) is 1. The maximum Gasteiger partial charge on any atom is 0.0195 e. The first-order chi connectivity index (χ1) is 5.86. The van der Waals surface area contributed by atoms with Gasteiger partial charge in [-0.2, -0.15) is 0 Å². The van der Waals surface area contributed by atoms with Crippen LogP contribution in [0.5, 0.6) is 0 Å². The van der Waals surface area contributed by atoms with Crippen molar-refractivity contribution in [2.24, 2.45) is 0 Å². The zero-order valence-electron chi connectivity index (χ0n) is 8.05. The molecular formula is C10H20N2. The monoisotopic (exact) mass is 168 g/mol. The fourth-order valence-corrected chi connectivity index (χ4v) is 2.46. The van der Waals surface area contributed by atoms with E-state index in [9.17, 15) is 0 Å². The third-order valence-electron chi connectivity index (χ3n) is 3.31. The SMILES string of the molecule is CC1CCCN1C[C@@H]1CCCN1. The van der Waals surface area contributed by atoms with Crippen LogP contribution in [0.2, 0.25) is 0 Å². The summed E-state index contributed by atoms with van der Waals surface area (Å²) < 4.78 is 0. The van der Waals surface area contributed by atoms with Crippen molar-refractivity contribution in [3.8, 4) is 0 Å². The van der Waals surface area contributed by atoms with E-state index in [0.717, 1.165) is 12.1 Å². The van der Waals surface area contributed by atoms with Gasteiger partial charge in [0.1, 0.15) is 0 Å². The topological polar surface area (TPSA) is 15.3 Å². The molecule has 0 spiro atoms. The number of nitrogens with zero attached hydrogens (tertiary/aromatic N) is 1. The maximum atomic E-state index is 3.56. The van der Waals surface area contributed by atoms with E-state index in [4.69, 9.17) is 0 Å². The van der Waals surface area contributed by atoms with Crippen LogP contribution in [0.15, 0.2) is 0 Å². The molecule has 70 valence electrons. The first-order valence-electron chi connectivity index (χ1n) is 5.33. The molecule has 0 aromatic rings. The van der Waals surface area contributed by atoms with Gasteiger partial charge in [0.05, 0.1) is 0 Å². The Balaban J connectivity index is 1.77. The van der Waals surface area contributed by atoms with Crippen LogP contribution in [0.3, 0.4) is 0 Å². The minimum absolute atomic E-state index is 0.797. The van der Waals surface area contributed by atoms with E-state index in [2.05, 4.69) is 17.1 Å². The average Bonchev–Trinajstić information content (AvgIpc) is 2.65. The summed E-state index contributed by atoms with van der Waals surface area (Å²) in [5, 5.41) is 3.56. The molecule has 2 aliphatic heterocycles.